The van der Waals surface area contributed by atoms with Crippen LogP contribution < -0.4 is 16.0 Å². The third-order valence-electron chi connectivity index (χ3n) is 3.86. The molecule has 0 spiro atoms. The summed E-state index contributed by atoms with van der Waals surface area (Å²) in [5.41, 5.74) is 8.85. The molecule has 1 aliphatic rings. The molecular weight excluding hydrogens is 290 g/mol. The van der Waals surface area contributed by atoms with E-state index >= 15 is 0 Å². The maximum absolute atomic E-state index is 12.5. The van der Waals surface area contributed by atoms with Crippen LogP contribution in [0, 0.1) is 0 Å². The number of rotatable bonds is 5. The zero-order chi connectivity index (χ0) is 16.1. The van der Waals surface area contributed by atoms with Crippen LogP contribution in [0.3, 0.4) is 0 Å². The van der Waals surface area contributed by atoms with E-state index in [1.54, 1.807) is 4.90 Å². The van der Waals surface area contributed by atoms with Crippen molar-refractivity contribution in [2.75, 3.05) is 29.9 Å². The summed E-state index contributed by atoms with van der Waals surface area (Å²) in [5, 5.41) is 3.22. The van der Waals surface area contributed by atoms with Crippen LogP contribution >= 0.6 is 0 Å². The first-order valence-corrected chi connectivity index (χ1v) is 7.77. The van der Waals surface area contributed by atoms with Gasteiger partial charge in [0.15, 0.2) is 0 Å². The minimum Gasteiger partial charge on any atom is -0.381 e. The quantitative estimate of drug-likeness (QED) is 0.829. The number of nitrogens with two attached hydrogens (primary N) is 1. The van der Waals surface area contributed by atoms with Gasteiger partial charge < -0.3 is 20.7 Å². The van der Waals surface area contributed by atoms with Gasteiger partial charge in [0.05, 0.1) is 24.6 Å². The fourth-order valence-corrected chi connectivity index (χ4v) is 2.64. The summed E-state index contributed by atoms with van der Waals surface area (Å²) in [6.07, 6.45) is 0. The molecule has 5 nitrogen and oxygen atoms in total. The summed E-state index contributed by atoms with van der Waals surface area (Å²) >= 11 is 0. The molecule has 2 aromatic rings. The van der Waals surface area contributed by atoms with E-state index in [0.717, 1.165) is 16.9 Å². The van der Waals surface area contributed by atoms with Crippen molar-refractivity contribution in [3.8, 4) is 0 Å². The molecule has 1 aliphatic heterocycles. The molecule has 120 valence electrons. The zero-order valence-corrected chi connectivity index (χ0v) is 12.9. The number of amides is 1. The smallest absolute Gasteiger partial charge is 0.245 e. The number of carbonyl (C=O) groups excluding carboxylic acids is 1. The molecule has 1 heterocycles. The number of anilines is 2. The van der Waals surface area contributed by atoms with Crippen LogP contribution in [0.1, 0.15) is 5.56 Å². The topological polar surface area (TPSA) is 67.6 Å². The van der Waals surface area contributed by atoms with Crippen LogP contribution in [-0.4, -0.2) is 31.6 Å². The highest BCUT2D eigenvalue weighted by Gasteiger charge is 2.27. The summed E-state index contributed by atoms with van der Waals surface area (Å²) in [6.45, 7) is 1.92. The summed E-state index contributed by atoms with van der Waals surface area (Å²) in [4.78, 5) is 14.2. The first-order valence-electron chi connectivity index (χ1n) is 7.77. The summed E-state index contributed by atoms with van der Waals surface area (Å²) in [5.74, 6) is -0.0780. The Morgan fingerprint density at radius 3 is 2.70 bits per heavy atom. The molecule has 0 saturated heterocycles. The molecule has 23 heavy (non-hydrogen) atoms. The lowest BCUT2D eigenvalue weighted by atomic mass is 10.2. The fraction of sp³-hybridized carbons (Fsp3) is 0.278. The van der Waals surface area contributed by atoms with E-state index in [9.17, 15) is 4.79 Å². The Bertz CT molecular complexity index is 660. The van der Waals surface area contributed by atoms with Crippen LogP contribution in [0.25, 0.3) is 0 Å². The highest BCUT2D eigenvalue weighted by Crippen LogP contribution is 2.28. The predicted molar refractivity (Wildman–Crippen MR) is 91.4 cm³/mol. The van der Waals surface area contributed by atoms with E-state index < -0.39 is 6.04 Å². The largest absolute Gasteiger partial charge is 0.381 e. The van der Waals surface area contributed by atoms with E-state index in [1.165, 1.54) is 0 Å². The Morgan fingerprint density at radius 2 is 1.87 bits per heavy atom. The van der Waals surface area contributed by atoms with E-state index in [4.69, 9.17) is 10.5 Å². The second-order valence-corrected chi connectivity index (χ2v) is 5.53. The highest BCUT2D eigenvalue weighted by atomic mass is 16.5. The van der Waals surface area contributed by atoms with Gasteiger partial charge in [-0.2, -0.15) is 0 Å². The number of hydrogen-bond donors (Lipinski definition) is 2. The molecule has 1 atom stereocenters. The van der Waals surface area contributed by atoms with E-state index in [0.29, 0.717) is 26.3 Å². The van der Waals surface area contributed by atoms with Gasteiger partial charge in [0.1, 0.15) is 6.04 Å². The van der Waals surface area contributed by atoms with Crippen molar-refractivity contribution < 1.29 is 9.53 Å². The lowest BCUT2D eigenvalue weighted by Gasteiger charge is -2.23. The summed E-state index contributed by atoms with van der Waals surface area (Å²) in [7, 11) is 0. The Balaban J connectivity index is 1.64. The maximum atomic E-state index is 12.5. The van der Waals surface area contributed by atoms with Gasteiger partial charge in [0.25, 0.3) is 0 Å². The van der Waals surface area contributed by atoms with Crippen molar-refractivity contribution in [3.63, 3.8) is 0 Å². The second kappa shape index (κ2) is 7.26. The number of benzene rings is 2. The monoisotopic (exact) mass is 311 g/mol. The number of hydrogen-bond acceptors (Lipinski definition) is 4. The third kappa shape index (κ3) is 3.70. The third-order valence-corrected chi connectivity index (χ3v) is 3.86. The highest BCUT2D eigenvalue weighted by molar-refractivity contribution is 6.01. The molecule has 3 rings (SSSR count). The van der Waals surface area contributed by atoms with Crippen molar-refractivity contribution in [1.82, 2.24) is 0 Å². The molecule has 0 fully saturated rings. The molecule has 3 N–H and O–H groups in total. The van der Waals surface area contributed by atoms with Gasteiger partial charge in [-0.15, -0.1) is 0 Å². The van der Waals surface area contributed by atoms with Crippen molar-refractivity contribution in [2.45, 2.75) is 12.6 Å². The van der Waals surface area contributed by atoms with Crippen molar-refractivity contribution >= 4 is 17.3 Å². The average molecular weight is 311 g/mol. The molecular formula is C18H21N3O2. The van der Waals surface area contributed by atoms with Crippen molar-refractivity contribution in [2.24, 2.45) is 5.73 Å². The number of ether oxygens (including phenoxy) is 1. The Morgan fingerprint density at radius 1 is 1.13 bits per heavy atom. The SMILES string of the molecule is NC1CNc2ccccc2N(CCOCc2ccccc2)C1=O. The van der Waals surface area contributed by atoms with E-state index in [1.807, 2.05) is 54.6 Å². The minimum absolute atomic E-state index is 0.0780. The summed E-state index contributed by atoms with van der Waals surface area (Å²) < 4.78 is 5.71. The van der Waals surface area contributed by atoms with E-state index in [-0.39, 0.29) is 5.91 Å². The number of carbonyl (C=O) groups is 1. The molecule has 5 heteroatoms. The predicted octanol–water partition coefficient (Wildman–Crippen LogP) is 1.99. The lowest BCUT2D eigenvalue weighted by molar-refractivity contribution is -0.119. The summed E-state index contributed by atoms with van der Waals surface area (Å²) in [6, 6.07) is 17.2. The van der Waals surface area contributed by atoms with Crippen LogP contribution in [0.2, 0.25) is 0 Å². The Kier molecular flexibility index (Phi) is 4.90. The molecule has 0 radical (unpaired) electrons. The first kappa shape index (κ1) is 15.5. The molecule has 2 aromatic carbocycles. The minimum atomic E-state index is -0.545. The van der Waals surface area contributed by atoms with Gasteiger partial charge >= 0.3 is 0 Å². The van der Waals surface area contributed by atoms with Crippen LogP contribution in [0.4, 0.5) is 11.4 Å². The van der Waals surface area contributed by atoms with Crippen molar-refractivity contribution in [1.29, 1.82) is 0 Å². The Hall–Kier alpha value is -2.37. The van der Waals surface area contributed by atoms with Gasteiger partial charge in [0, 0.05) is 13.1 Å². The first-order chi connectivity index (χ1) is 11.3. The van der Waals surface area contributed by atoms with Gasteiger partial charge in [0.2, 0.25) is 5.91 Å². The van der Waals surface area contributed by atoms with Crippen LogP contribution in [0.15, 0.2) is 54.6 Å². The van der Waals surface area contributed by atoms with Crippen LogP contribution in [0.5, 0.6) is 0 Å². The standard InChI is InChI=1S/C18H21N3O2/c19-15-12-20-16-8-4-5-9-17(16)21(18(15)22)10-11-23-13-14-6-2-1-3-7-14/h1-9,15,20H,10-13,19H2. The molecule has 0 aliphatic carbocycles. The molecule has 0 aromatic heterocycles. The van der Waals surface area contributed by atoms with Crippen molar-refractivity contribution in [3.05, 3.63) is 60.2 Å². The van der Waals surface area contributed by atoms with Crippen LogP contribution in [-0.2, 0) is 16.1 Å². The number of nitrogens with zero attached hydrogens (tertiary/aromatic N) is 1. The van der Waals surface area contributed by atoms with Gasteiger partial charge in [-0.05, 0) is 17.7 Å². The molecule has 0 saturated carbocycles. The molecule has 1 unspecified atom stereocenters. The number of fused-ring (bicyclic) bond motifs is 1. The fourth-order valence-electron chi connectivity index (χ4n) is 2.64. The second-order valence-electron chi connectivity index (χ2n) is 5.53. The lowest BCUT2D eigenvalue weighted by Crippen LogP contribution is -2.46. The van der Waals surface area contributed by atoms with Gasteiger partial charge in [-0.1, -0.05) is 42.5 Å². The molecule has 0 bridgehead atoms. The molecule has 1 amide bonds. The van der Waals surface area contributed by atoms with Gasteiger partial charge in [-0.3, -0.25) is 4.79 Å². The zero-order valence-electron chi connectivity index (χ0n) is 12.9. The maximum Gasteiger partial charge on any atom is 0.245 e. The Labute approximate surface area is 136 Å². The average Bonchev–Trinajstić information content (AvgIpc) is 2.71. The van der Waals surface area contributed by atoms with E-state index in [2.05, 4.69) is 5.32 Å². The normalized spacial score (nSPS) is 17.3. The van der Waals surface area contributed by atoms with Gasteiger partial charge in [-0.25, -0.2) is 0 Å². The number of para-hydroxylation sites is 2. The number of nitrogens with one attached hydrogen (secondary N) is 1.